The van der Waals surface area contributed by atoms with E-state index >= 15 is 0 Å². The molecule has 1 aliphatic rings. The predicted octanol–water partition coefficient (Wildman–Crippen LogP) is 1.27. The molecule has 1 atom stereocenters. The summed E-state index contributed by atoms with van der Waals surface area (Å²) in [6.07, 6.45) is 2.58. The molecule has 0 bridgehead atoms. The van der Waals surface area contributed by atoms with Crippen LogP contribution in [0.3, 0.4) is 0 Å². The fraction of sp³-hybridized carbons (Fsp3) is 0.538. The number of likely N-dealkylation sites (tertiary alicyclic amines) is 1. The number of aliphatic hydroxyl groups is 1. The molecule has 0 spiro atoms. The van der Waals surface area contributed by atoms with Crippen molar-refractivity contribution >= 4 is 5.69 Å². The van der Waals surface area contributed by atoms with Gasteiger partial charge in [-0.05, 0) is 38.1 Å². The molecule has 1 fully saturated rings. The Morgan fingerprint density at radius 1 is 1.44 bits per heavy atom. The molecule has 1 aromatic rings. The molecule has 1 unspecified atom stereocenters. The highest BCUT2D eigenvalue weighted by molar-refractivity contribution is 5.47. The van der Waals surface area contributed by atoms with E-state index in [4.69, 9.17) is 5.73 Å². The highest BCUT2D eigenvalue weighted by atomic mass is 16.3. The van der Waals surface area contributed by atoms with E-state index < -0.39 is 5.60 Å². The monoisotopic (exact) mass is 220 g/mol. The quantitative estimate of drug-likeness (QED) is 0.738. The fourth-order valence-electron chi connectivity index (χ4n) is 2.53. The topological polar surface area (TPSA) is 49.5 Å². The Labute approximate surface area is 96.9 Å². The van der Waals surface area contributed by atoms with Gasteiger partial charge in [0.05, 0.1) is 5.60 Å². The molecule has 3 N–H and O–H groups in total. The van der Waals surface area contributed by atoms with Crippen LogP contribution < -0.4 is 5.73 Å². The van der Waals surface area contributed by atoms with Gasteiger partial charge in [-0.15, -0.1) is 0 Å². The molecule has 1 aromatic carbocycles. The molecule has 0 saturated carbocycles. The maximum atomic E-state index is 10.5. The first-order chi connectivity index (χ1) is 7.59. The van der Waals surface area contributed by atoms with E-state index in [1.54, 1.807) is 0 Å². The average molecular weight is 220 g/mol. The van der Waals surface area contributed by atoms with E-state index in [1.807, 2.05) is 24.3 Å². The molecule has 2 rings (SSSR count). The number of benzene rings is 1. The molecule has 0 radical (unpaired) electrons. The standard InChI is InChI=1S/C13H20N2O/c1-15-8-4-7-13(16,10-15)9-11-5-2-3-6-12(11)14/h2-3,5-6,16H,4,7-10,14H2,1H3. The van der Waals surface area contributed by atoms with Crippen molar-refractivity contribution in [3.8, 4) is 0 Å². The summed E-state index contributed by atoms with van der Waals surface area (Å²) in [6, 6.07) is 7.80. The van der Waals surface area contributed by atoms with Gasteiger partial charge in [0.2, 0.25) is 0 Å². The van der Waals surface area contributed by atoms with Crippen molar-refractivity contribution in [3.05, 3.63) is 29.8 Å². The van der Waals surface area contributed by atoms with Gasteiger partial charge in [0.25, 0.3) is 0 Å². The van der Waals surface area contributed by atoms with Crippen LogP contribution in [-0.4, -0.2) is 35.7 Å². The van der Waals surface area contributed by atoms with E-state index in [-0.39, 0.29) is 0 Å². The van der Waals surface area contributed by atoms with Gasteiger partial charge in [-0.25, -0.2) is 0 Å². The summed E-state index contributed by atoms with van der Waals surface area (Å²) >= 11 is 0. The van der Waals surface area contributed by atoms with Crippen LogP contribution >= 0.6 is 0 Å². The summed E-state index contributed by atoms with van der Waals surface area (Å²) in [7, 11) is 2.05. The number of piperidine rings is 1. The zero-order chi connectivity index (χ0) is 11.6. The Bertz CT molecular complexity index is 367. The number of hydrogen-bond donors (Lipinski definition) is 2. The van der Waals surface area contributed by atoms with Crippen molar-refractivity contribution in [1.29, 1.82) is 0 Å². The lowest BCUT2D eigenvalue weighted by Gasteiger charge is -2.37. The Hall–Kier alpha value is -1.06. The number of hydrogen-bond acceptors (Lipinski definition) is 3. The molecule has 0 aromatic heterocycles. The average Bonchev–Trinajstić information content (AvgIpc) is 2.21. The van der Waals surface area contributed by atoms with Gasteiger partial charge in [0, 0.05) is 18.7 Å². The number of nitrogen functional groups attached to an aromatic ring is 1. The molecule has 1 aliphatic heterocycles. The first-order valence-corrected chi connectivity index (χ1v) is 5.83. The van der Waals surface area contributed by atoms with Crippen LogP contribution in [0.2, 0.25) is 0 Å². The zero-order valence-corrected chi connectivity index (χ0v) is 9.82. The molecule has 16 heavy (non-hydrogen) atoms. The van der Waals surface area contributed by atoms with Crippen molar-refractivity contribution in [2.45, 2.75) is 24.9 Å². The largest absolute Gasteiger partial charge is 0.399 e. The maximum absolute atomic E-state index is 10.5. The van der Waals surface area contributed by atoms with Crippen LogP contribution in [0.25, 0.3) is 0 Å². The van der Waals surface area contributed by atoms with Crippen molar-refractivity contribution in [3.63, 3.8) is 0 Å². The van der Waals surface area contributed by atoms with E-state index in [1.165, 1.54) is 0 Å². The smallest absolute Gasteiger partial charge is 0.0815 e. The second kappa shape index (κ2) is 4.44. The first-order valence-electron chi connectivity index (χ1n) is 5.83. The third-order valence-electron chi connectivity index (χ3n) is 3.32. The van der Waals surface area contributed by atoms with Crippen LogP contribution in [-0.2, 0) is 6.42 Å². The highest BCUT2D eigenvalue weighted by Gasteiger charge is 2.32. The third kappa shape index (κ3) is 2.54. The van der Waals surface area contributed by atoms with E-state index in [0.29, 0.717) is 6.42 Å². The lowest BCUT2D eigenvalue weighted by Crippen LogP contribution is -2.47. The predicted molar refractivity (Wildman–Crippen MR) is 66.2 cm³/mol. The highest BCUT2D eigenvalue weighted by Crippen LogP contribution is 2.26. The summed E-state index contributed by atoms with van der Waals surface area (Å²) in [5.74, 6) is 0. The van der Waals surface area contributed by atoms with Gasteiger partial charge in [-0.1, -0.05) is 18.2 Å². The Morgan fingerprint density at radius 2 is 2.19 bits per heavy atom. The number of likely N-dealkylation sites (N-methyl/N-ethyl adjacent to an activating group) is 1. The molecule has 3 heteroatoms. The second-order valence-electron chi connectivity index (χ2n) is 4.94. The zero-order valence-electron chi connectivity index (χ0n) is 9.82. The van der Waals surface area contributed by atoms with Gasteiger partial charge < -0.3 is 15.7 Å². The van der Waals surface area contributed by atoms with Crippen molar-refractivity contribution in [2.75, 3.05) is 25.9 Å². The Morgan fingerprint density at radius 3 is 2.88 bits per heavy atom. The third-order valence-corrected chi connectivity index (χ3v) is 3.32. The van der Waals surface area contributed by atoms with Crippen LogP contribution in [0.1, 0.15) is 18.4 Å². The molecule has 0 aliphatic carbocycles. The molecule has 1 saturated heterocycles. The number of nitrogens with zero attached hydrogens (tertiary/aromatic N) is 1. The number of para-hydroxylation sites is 1. The van der Waals surface area contributed by atoms with Crippen LogP contribution in [0.4, 0.5) is 5.69 Å². The van der Waals surface area contributed by atoms with Crippen molar-refractivity contribution in [2.24, 2.45) is 0 Å². The Balaban J connectivity index is 2.11. The number of β-amino-alcohol motifs (C(OH)–C–C–N with tert-alkyl or cyclic N) is 1. The molecule has 0 amide bonds. The van der Waals surface area contributed by atoms with Gasteiger partial charge >= 0.3 is 0 Å². The summed E-state index contributed by atoms with van der Waals surface area (Å²) < 4.78 is 0. The van der Waals surface area contributed by atoms with Gasteiger partial charge in [-0.3, -0.25) is 0 Å². The van der Waals surface area contributed by atoms with E-state index in [9.17, 15) is 5.11 Å². The Kier molecular flexibility index (Phi) is 3.17. The van der Waals surface area contributed by atoms with E-state index in [2.05, 4.69) is 11.9 Å². The number of nitrogens with two attached hydrogens (primary N) is 1. The summed E-state index contributed by atoms with van der Waals surface area (Å²) in [6.45, 7) is 1.81. The minimum absolute atomic E-state index is 0.609. The molecular weight excluding hydrogens is 200 g/mol. The van der Waals surface area contributed by atoms with Crippen molar-refractivity contribution < 1.29 is 5.11 Å². The fourth-order valence-corrected chi connectivity index (χ4v) is 2.53. The van der Waals surface area contributed by atoms with Crippen LogP contribution in [0.5, 0.6) is 0 Å². The minimum Gasteiger partial charge on any atom is -0.399 e. The summed E-state index contributed by atoms with van der Waals surface area (Å²) in [5, 5.41) is 10.5. The van der Waals surface area contributed by atoms with Crippen LogP contribution in [0.15, 0.2) is 24.3 Å². The molecule has 1 heterocycles. The van der Waals surface area contributed by atoms with Gasteiger partial charge in [-0.2, -0.15) is 0 Å². The van der Waals surface area contributed by atoms with Crippen LogP contribution in [0, 0.1) is 0 Å². The minimum atomic E-state index is -0.609. The maximum Gasteiger partial charge on any atom is 0.0815 e. The SMILES string of the molecule is CN1CCCC(O)(Cc2ccccc2N)C1. The number of anilines is 1. The lowest BCUT2D eigenvalue weighted by molar-refractivity contribution is -0.0222. The van der Waals surface area contributed by atoms with E-state index in [0.717, 1.165) is 37.2 Å². The summed E-state index contributed by atoms with van der Waals surface area (Å²) in [5.41, 5.74) is 7.14. The van der Waals surface area contributed by atoms with Crippen molar-refractivity contribution in [1.82, 2.24) is 4.90 Å². The lowest BCUT2D eigenvalue weighted by atomic mass is 9.86. The summed E-state index contributed by atoms with van der Waals surface area (Å²) in [4.78, 5) is 2.18. The molecular formula is C13H20N2O. The second-order valence-corrected chi connectivity index (χ2v) is 4.94. The molecule has 3 nitrogen and oxygen atoms in total. The molecule has 88 valence electrons. The van der Waals surface area contributed by atoms with Gasteiger partial charge in [0.15, 0.2) is 0 Å². The normalized spacial score (nSPS) is 26.9. The number of rotatable bonds is 2. The van der Waals surface area contributed by atoms with Gasteiger partial charge in [0.1, 0.15) is 0 Å². The first kappa shape index (κ1) is 11.4.